The molecule has 0 heterocycles. The van der Waals surface area contributed by atoms with E-state index in [9.17, 15) is 0 Å². The van der Waals surface area contributed by atoms with Crippen LogP contribution in [0.4, 0.5) is 0 Å². The summed E-state index contributed by atoms with van der Waals surface area (Å²) in [6.07, 6.45) is 2.27. The second kappa shape index (κ2) is 11.7. The van der Waals surface area contributed by atoms with Crippen LogP contribution in [0.5, 0.6) is 0 Å². The number of hydrogen-bond donors (Lipinski definition) is 0. The van der Waals surface area contributed by atoms with Crippen LogP contribution in [0.1, 0.15) is 6.42 Å². The molecule has 0 spiro atoms. The van der Waals surface area contributed by atoms with Gasteiger partial charge in [-0.2, -0.15) is 13.7 Å². The molecule has 0 rings (SSSR count). The summed E-state index contributed by atoms with van der Waals surface area (Å²) in [6.45, 7) is 4.78. The van der Waals surface area contributed by atoms with Crippen LogP contribution < -0.4 is 0 Å². The summed E-state index contributed by atoms with van der Waals surface area (Å²) in [6, 6.07) is 0. The average Bonchev–Trinajstić information content (AvgIpc) is 2.35. The highest BCUT2D eigenvalue weighted by atomic mass is 28.4. The zero-order chi connectivity index (χ0) is 13.7. The Balaban J connectivity index is 4.00. The van der Waals surface area contributed by atoms with Crippen LogP contribution in [0.2, 0.25) is 0 Å². The summed E-state index contributed by atoms with van der Waals surface area (Å²) in [7, 11) is 0.258. The fourth-order valence-electron chi connectivity index (χ4n) is 0.945. The molecule has 0 saturated heterocycles. The van der Waals surface area contributed by atoms with Crippen molar-refractivity contribution in [3.05, 3.63) is 12.7 Å². The third kappa shape index (κ3) is 7.87. The maximum absolute atomic E-state index is 5.32. The van der Waals surface area contributed by atoms with Gasteiger partial charge in [-0.3, -0.25) is 0 Å². The molecule has 0 atom stereocenters. The van der Waals surface area contributed by atoms with Crippen molar-refractivity contribution in [2.45, 2.75) is 6.42 Å². The lowest BCUT2D eigenvalue weighted by Crippen LogP contribution is -2.48. The molecule has 0 aliphatic heterocycles. The van der Waals surface area contributed by atoms with Gasteiger partial charge in [0, 0.05) is 13.2 Å². The van der Waals surface area contributed by atoms with E-state index in [1.54, 1.807) is 6.08 Å². The van der Waals surface area contributed by atoms with Gasteiger partial charge in [0.15, 0.2) is 0 Å². The van der Waals surface area contributed by atoms with Crippen LogP contribution in [0.3, 0.4) is 0 Å². The molecule has 0 aromatic heterocycles. The van der Waals surface area contributed by atoms with E-state index < -0.39 is 9.05 Å². The van der Waals surface area contributed by atoms with Crippen LogP contribution in [0.15, 0.2) is 12.7 Å². The summed E-state index contributed by atoms with van der Waals surface area (Å²) < 4.78 is 24.9. The second-order valence-electron chi connectivity index (χ2n) is 2.82. The van der Waals surface area contributed by atoms with Gasteiger partial charge >= 0.3 is 9.05 Å². The van der Waals surface area contributed by atoms with Gasteiger partial charge in [0.25, 0.3) is 0 Å². The standard InChI is InChI=1S/C9H20O8Si/c1-5-7-13-8-6-9-14-18(15-10-2,16-11-3)17-12-4/h5H,1,6-9H2,2-4H3. The van der Waals surface area contributed by atoms with E-state index in [1.165, 1.54) is 21.3 Å². The Kier molecular flexibility index (Phi) is 11.5. The Hall–Kier alpha value is -0.363. The highest BCUT2D eigenvalue weighted by Crippen LogP contribution is 2.13. The Labute approximate surface area is 108 Å². The molecule has 0 aromatic carbocycles. The lowest BCUT2D eigenvalue weighted by molar-refractivity contribution is -0.370. The molecule has 8 nitrogen and oxygen atoms in total. The van der Waals surface area contributed by atoms with Gasteiger partial charge in [0.2, 0.25) is 0 Å². The first-order chi connectivity index (χ1) is 8.74. The van der Waals surface area contributed by atoms with Crippen molar-refractivity contribution in [3.8, 4) is 0 Å². The van der Waals surface area contributed by atoms with Crippen molar-refractivity contribution in [2.75, 3.05) is 41.2 Å². The molecule has 108 valence electrons. The van der Waals surface area contributed by atoms with E-state index in [1.807, 2.05) is 0 Å². The molecule has 0 aliphatic rings. The van der Waals surface area contributed by atoms with Crippen molar-refractivity contribution in [3.63, 3.8) is 0 Å². The SMILES string of the molecule is C=CCOCCCO[Si](OOC)(OOC)OOC. The van der Waals surface area contributed by atoms with E-state index in [4.69, 9.17) is 22.9 Å². The van der Waals surface area contributed by atoms with Crippen molar-refractivity contribution < 1.29 is 37.6 Å². The fraction of sp³-hybridized carbons (Fsp3) is 0.778. The lowest BCUT2D eigenvalue weighted by Gasteiger charge is -2.22. The van der Waals surface area contributed by atoms with Gasteiger partial charge in [0.1, 0.15) is 0 Å². The highest BCUT2D eigenvalue weighted by Gasteiger charge is 2.51. The summed E-state index contributed by atoms with van der Waals surface area (Å²) in [5, 5.41) is 0. The van der Waals surface area contributed by atoms with E-state index in [0.29, 0.717) is 19.6 Å². The fourth-order valence-corrected chi connectivity index (χ4v) is 2.18. The molecule has 0 aromatic rings. The minimum atomic E-state index is -3.61. The quantitative estimate of drug-likeness (QED) is 0.161. The summed E-state index contributed by atoms with van der Waals surface area (Å²) in [5.41, 5.74) is 0. The first-order valence-electron chi connectivity index (χ1n) is 5.22. The molecule has 0 aliphatic carbocycles. The summed E-state index contributed by atoms with van der Waals surface area (Å²) in [4.78, 5) is 13.5. The van der Waals surface area contributed by atoms with Gasteiger partial charge in [-0.25, -0.2) is 14.7 Å². The minimum absolute atomic E-state index is 0.263. The molecule has 0 unspecified atom stereocenters. The Morgan fingerprint density at radius 2 is 1.50 bits per heavy atom. The maximum Gasteiger partial charge on any atom is 0.764 e. The first-order valence-corrected chi connectivity index (χ1v) is 6.86. The molecule has 0 fully saturated rings. The smallest absolute Gasteiger partial charge is 0.377 e. The van der Waals surface area contributed by atoms with Crippen molar-refractivity contribution in [2.24, 2.45) is 0 Å². The zero-order valence-corrected chi connectivity index (χ0v) is 11.9. The Morgan fingerprint density at radius 3 is 1.94 bits per heavy atom. The molecule has 0 N–H and O–H groups in total. The summed E-state index contributed by atoms with van der Waals surface area (Å²) >= 11 is 0. The predicted molar refractivity (Wildman–Crippen MR) is 61.6 cm³/mol. The molecule has 0 saturated carbocycles. The van der Waals surface area contributed by atoms with E-state index in [0.717, 1.165) is 0 Å². The molecular formula is C9H20O8Si. The molecule has 0 bridgehead atoms. The molecule has 0 amide bonds. The largest absolute Gasteiger partial charge is 0.764 e. The van der Waals surface area contributed by atoms with Gasteiger partial charge in [-0.1, -0.05) is 6.08 Å². The lowest BCUT2D eigenvalue weighted by atomic mass is 10.5. The van der Waals surface area contributed by atoms with Crippen molar-refractivity contribution >= 4 is 9.05 Å². The monoisotopic (exact) mass is 284 g/mol. The van der Waals surface area contributed by atoms with Crippen LogP contribution in [-0.2, 0) is 37.6 Å². The Morgan fingerprint density at radius 1 is 0.944 bits per heavy atom. The normalized spacial score (nSPS) is 11.7. The van der Waals surface area contributed by atoms with E-state index >= 15 is 0 Å². The first kappa shape index (κ1) is 17.6. The van der Waals surface area contributed by atoms with Crippen molar-refractivity contribution in [1.82, 2.24) is 0 Å². The highest BCUT2D eigenvalue weighted by molar-refractivity contribution is 6.52. The third-order valence-electron chi connectivity index (χ3n) is 1.50. The van der Waals surface area contributed by atoms with Gasteiger partial charge in [-0.05, 0) is 6.42 Å². The zero-order valence-electron chi connectivity index (χ0n) is 10.9. The van der Waals surface area contributed by atoms with Crippen LogP contribution in [0, 0.1) is 0 Å². The van der Waals surface area contributed by atoms with Gasteiger partial charge < -0.3 is 9.16 Å². The van der Waals surface area contributed by atoms with Crippen LogP contribution in [0.25, 0.3) is 0 Å². The third-order valence-corrected chi connectivity index (χ3v) is 3.17. The molecular weight excluding hydrogens is 264 g/mol. The maximum atomic E-state index is 5.32. The Bertz CT molecular complexity index is 186. The molecule has 0 radical (unpaired) electrons. The van der Waals surface area contributed by atoms with Crippen molar-refractivity contribution in [1.29, 1.82) is 0 Å². The van der Waals surface area contributed by atoms with E-state index in [-0.39, 0.29) is 6.61 Å². The average molecular weight is 284 g/mol. The predicted octanol–water partition coefficient (Wildman–Crippen LogP) is 0.765. The number of hydrogen-bond acceptors (Lipinski definition) is 8. The minimum Gasteiger partial charge on any atom is -0.377 e. The van der Waals surface area contributed by atoms with Gasteiger partial charge in [0.05, 0.1) is 27.9 Å². The molecule has 9 heteroatoms. The molecule has 18 heavy (non-hydrogen) atoms. The van der Waals surface area contributed by atoms with Crippen LogP contribution >= 0.6 is 0 Å². The van der Waals surface area contributed by atoms with Gasteiger partial charge in [-0.15, -0.1) is 6.58 Å². The topological polar surface area (TPSA) is 73.8 Å². The number of ether oxygens (including phenoxy) is 1. The summed E-state index contributed by atoms with van der Waals surface area (Å²) in [5.74, 6) is 0. The van der Waals surface area contributed by atoms with Crippen LogP contribution in [-0.4, -0.2) is 50.2 Å². The number of rotatable bonds is 13. The van der Waals surface area contributed by atoms with E-state index in [2.05, 4.69) is 21.2 Å². The second-order valence-corrected chi connectivity index (χ2v) is 4.60.